The summed E-state index contributed by atoms with van der Waals surface area (Å²) in [7, 11) is 3.88. The highest BCUT2D eigenvalue weighted by Gasteiger charge is 2.26. The van der Waals surface area contributed by atoms with E-state index >= 15 is 0 Å². The van der Waals surface area contributed by atoms with Gasteiger partial charge in [0.1, 0.15) is 10.7 Å². The number of likely N-dealkylation sites (N-methyl/N-ethyl adjacent to an activating group) is 1. The number of nitrogens with zero attached hydrogens (tertiary/aromatic N) is 3. The number of hydrogen-bond acceptors (Lipinski definition) is 6. The van der Waals surface area contributed by atoms with Crippen LogP contribution in [-0.2, 0) is 0 Å². The third-order valence-corrected chi connectivity index (χ3v) is 4.67. The summed E-state index contributed by atoms with van der Waals surface area (Å²) in [4.78, 5) is 29.8. The van der Waals surface area contributed by atoms with Crippen LogP contribution in [0.3, 0.4) is 0 Å². The monoisotopic (exact) mass is 379 g/mol. The van der Waals surface area contributed by atoms with Crippen molar-refractivity contribution < 1.29 is 23.4 Å². The van der Waals surface area contributed by atoms with Crippen LogP contribution in [-0.4, -0.2) is 43.0 Å². The molecule has 0 unspecified atom stereocenters. The van der Waals surface area contributed by atoms with E-state index in [2.05, 4.69) is 4.98 Å². The number of rotatable bonds is 6. The normalized spacial score (nSPS) is 11.2. The van der Waals surface area contributed by atoms with Gasteiger partial charge in [-0.1, -0.05) is 11.3 Å². The summed E-state index contributed by atoms with van der Waals surface area (Å²) in [6, 6.07) is 6.60. The Labute approximate surface area is 151 Å². The molecule has 1 N–H and O–H groups in total. The Morgan fingerprint density at radius 3 is 2.81 bits per heavy atom. The van der Waals surface area contributed by atoms with E-state index in [0.717, 1.165) is 11.0 Å². The molecule has 1 aromatic carbocycles. The second-order valence-corrected chi connectivity index (χ2v) is 6.93. The van der Waals surface area contributed by atoms with Crippen molar-refractivity contribution in [2.75, 3.05) is 32.1 Å². The minimum Gasteiger partial charge on any atom is -0.395 e. The summed E-state index contributed by atoms with van der Waals surface area (Å²) in [5, 5.41) is 11.2. The van der Waals surface area contributed by atoms with Crippen LogP contribution in [0.5, 0.6) is 0 Å². The molecule has 0 fully saturated rings. The van der Waals surface area contributed by atoms with E-state index in [-0.39, 0.29) is 11.6 Å². The minimum absolute atomic E-state index is 0.143. The van der Waals surface area contributed by atoms with Crippen LogP contribution in [0.2, 0.25) is 0 Å². The molecule has 2 heterocycles. The van der Waals surface area contributed by atoms with Crippen molar-refractivity contribution in [1.29, 1.82) is 0 Å². The first-order valence-electron chi connectivity index (χ1n) is 7.76. The second-order valence-electron chi connectivity index (χ2n) is 5.92. The van der Waals surface area contributed by atoms with Gasteiger partial charge in [0.25, 0.3) is 5.91 Å². The summed E-state index contributed by atoms with van der Waals surface area (Å²) in [6.07, 6.45) is 0. The SMILES string of the molecule is C[NH+](C)CCN(C(=O)c1ccc([N+](=O)[O-])o1)c1nc2ccc(F)cc2s1. The zero-order valence-electron chi connectivity index (χ0n) is 14.1. The lowest BCUT2D eigenvalue weighted by Crippen LogP contribution is -3.06. The first-order valence-corrected chi connectivity index (χ1v) is 8.58. The molecule has 0 saturated carbocycles. The van der Waals surface area contributed by atoms with Crippen LogP contribution in [0.4, 0.5) is 15.4 Å². The molecule has 3 rings (SSSR count). The number of carbonyl (C=O) groups is 1. The van der Waals surface area contributed by atoms with Crippen molar-refractivity contribution in [3.63, 3.8) is 0 Å². The Kier molecular flexibility index (Phi) is 4.96. The Bertz CT molecular complexity index is 968. The summed E-state index contributed by atoms with van der Waals surface area (Å²) in [5.41, 5.74) is 0.576. The molecule has 0 radical (unpaired) electrons. The van der Waals surface area contributed by atoms with E-state index in [1.807, 2.05) is 14.1 Å². The molecule has 136 valence electrons. The van der Waals surface area contributed by atoms with E-state index in [9.17, 15) is 19.3 Å². The molecular weight excluding hydrogens is 363 g/mol. The number of nitro groups is 1. The van der Waals surface area contributed by atoms with E-state index in [4.69, 9.17) is 4.42 Å². The number of thiazole rings is 1. The van der Waals surface area contributed by atoms with Crippen LogP contribution in [0.25, 0.3) is 10.2 Å². The zero-order chi connectivity index (χ0) is 18.8. The first-order chi connectivity index (χ1) is 12.3. The fourth-order valence-electron chi connectivity index (χ4n) is 2.29. The molecule has 0 atom stereocenters. The van der Waals surface area contributed by atoms with Crippen molar-refractivity contribution in [2.24, 2.45) is 0 Å². The summed E-state index contributed by atoms with van der Waals surface area (Å²) < 4.78 is 19.1. The molecule has 0 aliphatic heterocycles. The Balaban J connectivity index is 1.97. The van der Waals surface area contributed by atoms with Crippen LogP contribution in [0.1, 0.15) is 10.6 Å². The molecule has 2 aromatic heterocycles. The van der Waals surface area contributed by atoms with E-state index in [0.29, 0.717) is 28.4 Å². The maximum Gasteiger partial charge on any atom is 0.433 e. The lowest BCUT2D eigenvalue weighted by atomic mass is 10.3. The van der Waals surface area contributed by atoms with Gasteiger partial charge in [-0.3, -0.25) is 19.8 Å². The number of nitrogens with one attached hydrogen (secondary N) is 1. The number of fused-ring (bicyclic) bond motifs is 1. The van der Waals surface area contributed by atoms with Gasteiger partial charge in [-0.05, 0) is 24.3 Å². The van der Waals surface area contributed by atoms with E-state index in [1.165, 1.54) is 34.4 Å². The first kappa shape index (κ1) is 18.0. The highest BCUT2D eigenvalue weighted by molar-refractivity contribution is 7.22. The summed E-state index contributed by atoms with van der Waals surface area (Å²) in [5.74, 6) is -1.56. The van der Waals surface area contributed by atoms with Crippen molar-refractivity contribution in [3.8, 4) is 0 Å². The molecule has 0 saturated heterocycles. The summed E-state index contributed by atoms with van der Waals surface area (Å²) in [6.45, 7) is 0.955. The quantitative estimate of drug-likeness (QED) is 0.520. The second kappa shape index (κ2) is 7.18. The molecule has 10 heteroatoms. The number of aromatic nitrogens is 1. The number of furan rings is 1. The number of hydrogen-bond donors (Lipinski definition) is 1. The van der Waals surface area contributed by atoms with E-state index < -0.39 is 16.7 Å². The summed E-state index contributed by atoms with van der Waals surface area (Å²) >= 11 is 1.18. The standard InChI is InChI=1S/C16H15FN4O4S/c1-19(2)7-8-20(15(22)12-5-6-14(25-12)21(23)24)16-18-11-4-3-10(17)9-13(11)26-16/h3-6,9H,7-8H2,1-2H3/p+1. The zero-order valence-corrected chi connectivity index (χ0v) is 14.9. The maximum atomic E-state index is 13.4. The van der Waals surface area contributed by atoms with Gasteiger partial charge in [0, 0.05) is 0 Å². The topological polar surface area (TPSA) is 93.9 Å². The van der Waals surface area contributed by atoms with Gasteiger partial charge >= 0.3 is 5.88 Å². The number of anilines is 1. The molecule has 0 bridgehead atoms. The fourth-order valence-corrected chi connectivity index (χ4v) is 3.31. The van der Waals surface area contributed by atoms with Crippen LogP contribution in [0, 0.1) is 15.9 Å². The third-order valence-electron chi connectivity index (χ3n) is 3.63. The smallest absolute Gasteiger partial charge is 0.395 e. The number of quaternary nitrogens is 1. The molecular formula is C16H16FN4O4S+. The maximum absolute atomic E-state index is 13.4. The van der Waals surface area contributed by atoms with Crippen molar-refractivity contribution >= 4 is 38.5 Å². The van der Waals surface area contributed by atoms with Crippen LogP contribution in [0.15, 0.2) is 34.7 Å². The predicted octanol–water partition coefficient (Wildman–Crippen LogP) is 1.73. The predicted molar refractivity (Wildman–Crippen MR) is 94.3 cm³/mol. The number of halogens is 1. The number of amides is 1. The number of carbonyl (C=O) groups excluding carboxylic acids is 1. The lowest BCUT2D eigenvalue weighted by Gasteiger charge is -2.19. The number of benzene rings is 1. The lowest BCUT2D eigenvalue weighted by molar-refractivity contribution is -0.856. The third kappa shape index (κ3) is 3.70. The van der Waals surface area contributed by atoms with Gasteiger partial charge in [0.05, 0.1) is 43.5 Å². The van der Waals surface area contributed by atoms with Gasteiger partial charge in [-0.2, -0.15) is 0 Å². The van der Waals surface area contributed by atoms with Crippen molar-refractivity contribution in [1.82, 2.24) is 4.98 Å². The molecule has 0 aliphatic rings. The highest BCUT2D eigenvalue weighted by Crippen LogP contribution is 2.30. The van der Waals surface area contributed by atoms with Crippen molar-refractivity contribution in [2.45, 2.75) is 0 Å². The molecule has 0 aliphatic carbocycles. The Morgan fingerprint density at radius 2 is 2.15 bits per heavy atom. The highest BCUT2D eigenvalue weighted by atomic mass is 32.1. The van der Waals surface area contributed by atoms with Crippen LogP contribution < -0.4 is 9.80 Å². The Hall–Kier alpha value is -2.85. The van der Waals surface area contributed by atoms with Crippen LogP contribution >= 0.6 is 11.3 Å². The molecule has 0 spiro atoms. The van der Waals surface area contributed by atoms with Gasteiger partial charge in [-0.25, -0.2) is 9.37 Å². The van der Waals surface area contributed by atoms with Gasteiger partial charge in [0.15, 0.2) is 10.9 Å². The van der Waals surface area contributed by atoms with Gasteiger partial charge < -0.3 is 9.32 Å². The molecule has 26 heavy (non-hydrogen) atoms. The minimum atomic E-state index is -0.703. The Morgan fingerprint density at radius 1 is 1.38 bits per heavy atom. The molecule has 1 amide bonds. The fraction of sp³-hybridized carbons (Fsp3) is 0.250. The molecule has 8 nitrogen and oxygen atoms in total. The average Bonchev–Trinajstić information content (AvgIpc) is 3.20. The molecule has 3 aromatic rings. The average molecular weight is 379 g/mol. The van der Waals surface area contributed by atoms with E-state index in [1.54, 1.807) is 6.07 Å². The van der Waals surface area contributed by atoms with Gasteiger partial charge in [-0.15, -0.1) is 0 Å². The van der Waals surface area contributed by atoms with Crippen molar-refractivity contribution in [3.05, 3.63) is 52.0 Å². The largest absolute Gasteiger partial charge is 0.433 e. The van der Waals surface area contributed by atoms with Gasteiger partial charge in [0.2, 0.25) is 0 Å².